The Balaban J connectivity index is 0.000000657. The van der Waals surface area contributed by atoms with Crippen molar-refractivity contribution in [3.8, 4) is 0 Å². The van der Waals surface area contributed by atoms with Crippen LogP contribution in [0.25, 0.3) is 0 Å². The summed E-state index contributed by atoms with van der Waals surface area (Å²) in [6.07, 6.45) is 12.4. The number of aliphatic hydroxyl groups is 1. The molecule has 14 heteroatoms. The van der Waals surface area contributed by atoms with Crippen molar-refractivity contribution in [2.24, 2.45) is 5.92 Å². The SMILES string of the molecule is C=C/C=C(\C=C)CCNC(=O)/C(=C/CC)CNC(=O)C1CCCN1C(=O)C(CC1CCN(C(=O)OC(C)(C)C)CC1)NS(C)=O.Cc1ccccc1.OCc1ccc(Cl)cc1. The molecule has 0 aliphatic carbocycles. The maximum Gasteiger partial charge on any atom is 0.410 e. The van der Waals surface area contributed by atoms with Gasteiger partial charge in [0.25, 0.3) is 0 Å². The fourth-order valence-electron chi connectivity index (χ4n) is 6.67. The molecule has 4 amide bonds. The van der Waals surface area contributed by atoms with Gasteiger partial charge in [0.05, 0.1) is 23.6 Å². The Morgan fingerprint density at radius 2 is 1.66 bits per heavy atom. The highest BCUT2D eigenvalue weighted by atomic mass is 35.5. The number of hydrogen-bond acceptors (Lipinski definition) is 7. The van der Waals surface area contributed by atoms with Crippen LogP contribution in [0.2, 0.25) is 5.02 Å². The molecule has 61 heavy (non-hydrogen) atoms. The smallest absolute Gasteiger partial charge is 0.410 e. The van der Waals surface area contributed by atoms with Crippen molar-refractivity contribution in [3.05, 3.63) is 119 Å². The Hall–Kier alpha value is -4.56. The minimum Gasteiger partial charge on any atom is -0.444 e. The first-order valence-corrected chi connectivity index (χ1v) is 22.9. The van der Waals surface area contributed by atoms with Gasteiger partial charge in [-0.2, -0.15) is 0 Å². The number of carbonyl (C=O) groups is 4. The molecule has 2 aromatic carbocycles. The number of ether oxygens (including phenoxy) is 1. The number of nitrogens with zero attached hydrogens (tertiary/aromatic N) is 2. The molecule has 336 valence electrons. The lowest BCUT2D eigenvalue weighted by Gasteiger charge is -2.35. The molecule has 2 heterocycles. The molecule has 4 N–H and O–H groups in total. The molecule has 3 unspecified atom stereocenters. The minimum atomic E-state index is -1.44. The number of halogens is 1. The molecule has 0 saturated carbocycles. The van der Waals surface area contributed by atoms with Gasteiger partial charge < -0.3 is 30.3 Å². The number of carbonyl (C=O) groups excluding carboxylic acids is 4. The summed E-state index contributed by atoms with van der Waals surface area (Å²) in [5, 5.41) is 15.0. The van der Waals surface area contributed by atoms with Gasteiger partial charge in [-0.25, -0.2) is 13.7 Å². The van der Waals surface area contributed by atoms with Gasteiger partial charge >= 0.3 is 6.09 Å². The number of amides is 4. The number of aliphatic hydroxyl groups excluding tert-OH is 1. The van der Waals surface area contributed by atoms with Gasteiger partial charge in [-0.1, -0.05) is 104 Å². The highest BCUT2D eigenvalue weighted by Gasteiger charge is 2.39. The zero-order valence-corrected chi connectivity index (χ0v) is 38.5. The van der Waals surface area contributed by atoms with Crippen LogP contribution in [0.4, 0.5) is 4.79 Å². The van der Waals surface area contributed by atoms with Gasteiger partial charge in [0.15, 0.2) is 0 Å². The summed E-state index contributed by atoms with van der Waals surface area (Å²) in [5.41, 5.74) is 3.05. The summed E-state index contributed by atoms with van der Waals surface area (Å²) in [6.45, 7) is 18.9. The Morgan fingerprint density at radius 3 is 2.18 bits per heavy atom. The van der Waals surface area contributed by atoms with E-state index in [1.165, 1.54) is 11.8 Å². The van der Waals surface area contributed by atoms with E-state index in [1.807, 2.05) is 52.0 Å². The predicted octanol–water partition coefficient (Wildman–Crippen LogP) is 7.35. The van der Waals surface area contributed by atoms with Crippen LogP contribution >= 0.6 is 11.6 Å². The van der Waals surface area contributed by atoms with Crippen LogP contribution in [0.1, 0.15) is 83.8 Å². The van der Waals surface area contributed by atoms with Crippen LogP contribution < -0.4 is 15.4 Å². The molecule has 2 fully saturated rings. The molecule has 0 bridgehead atoms. The molecule has 0 radical (unpaired) electrons. The molecule has 4 rings (SSSR count). The number of aryl methyl sites for hydroxylation is 1. The zero-order valence-electron chi connectivity index (χ0n) is 36.9. The number of hydrogen-bond donors (Lipinski definition) is 4. The lowest BCUT2D eigenvalue weighted by Crippen LogP contribution is -2.53. The largest absolute Gasteiger partial charge is 0.444 e. The van der Waals surface area contributed by atoms with Crippen molar-refractivity contribution in [3.63, 3.8) is 0 Å². The first-order valence-electron chi connectivity index (χ1n) is 21.0. The summed E-state index contributed by atoms with van der Waals surface area (Å²) in [6, 6.07) is 16.0. The molecule has 12 nitrogen and oxygen atoms in total. The second kappa shape index (κ2) is 28.1. The zero-order chi connectivity index (χ0) is 45.4. The highest BCUT2D eigenvalue weighted by molar-refractivity contribution is 7.82. The maximum atomic E-state index is 13.8. The van der Waals surface area contributed by atoms with E-state index in [2.05, 4.69) is 47.6 Å². The van der Waals surface area contributed by atoms with Crippen LogP contribution in [0, 0.1) is 12.8 Å². The van der Waals surface area contributed by atoms with E-state index >= 15 is 0 Å². The molecule has 2 saturated heterocycles. The van der Waals surface area contributed by atoms with Crippen LogP contribution in [0.5, 0.6) is 0 Å². The second-order valence-electron chi connectivity index (χ2n) is 15.9. The lowest BCUT2D eigenvalue weighted by atomic mass is 9.90. The van der Waals surface area contributed by atoms with E-state index in [9.17, 15) is 23.4 Å². The normalized spacial score (nSPS) is 16.8. The van der Waals surface area contributed by atoms with E-state index in [-0.39, 0.29) is 42.9 Å². The van der Waals surface area contributed by atoms with E-state index in [1.54, 1.807) is 52.3 Å². The van der Waals surface area contributed by atoms with E-state index in [0.717, 1.165) is 11.1 Å². The van der Waals surface area contributed by atoms with Crippen LogP contribution in [-0.4, -0.2) is 99.6 Å². The first kappa shape index (κ1) is 52.6. The minimum absolute atomic E-state index is 0.0464. The fraction of sp³-hybridized carbons (Fsp3) is 0.489. The maximum absolute atomic E-state index is 13.8. The van der Waals surface area contributed by atoms with Crippen molar-refractivity contribution in [1.82, 2.24) is 25.2 Å². The molecule has 0 spiro atoms. The average Bonchev–Trinajstić information content (AvgIpc) is 3.72. The van der Waals surface area contributed by atoms with Gasteiger partial charge in [-0.05, 0) is 102 Å². The number of nitrogens with one attached hydrogen (secondary N) is 3. The molecule has 2 aliphatic rings. The number of piperidine rings is 1. The summed E-state index contributed by atoms with van der Waals surface area (Å²) in [4.78, 5) is 55.6. The Kier molecular flexibility index (Phi) is 24.2. The summed E-state index contributed by atoms with van der Waals surface area (Å²) >= 11 is 5.59. The lowest BCUT2D eigenvalue weighted by molar-refractivity contribution is -0.140. The van der Waals surface area contributed by atoms with Gasteiger partial charge in [0.2, 0.25) is 17.7 Å². The molecule has 3 atom stereocenters. The Bertz CT molecular complexity index is 1790. The van der Waals surface area contributed by atoms with Crippen molar-refractivity contribution in [1.29, 1.82) is 0 Å². The second-order valence-corrected chi connectivity index (χ2v) is 17.5. The highest BCUT2D eigenvalue weighted by Crippen LogP contribution is 2.26. The monoisotopic (exact) mass is 881 g/mol. The topological polar surface area (TPSA) is 157 Å². The third-order valence-electron chi connectivity index (χ3n) is 9.80. The quantitative estimate of drug-likeness (QED) is 0.101. The number of allylic oxidation sites excluding steroid dienone is 4. The summed E-state index contributed by atoms with van der Waals surface area (Å²) in [5.74, 6) is -0.699. The molecule has 2 aliphatic heterocycles. The third-order valence-corrected chi connectivity index (χ3v) is 10.7. The molecule has 2 aromatic rings. The average molecular weight is 883 g/mol. The van der Waals surface area contributed by atoms with E-state index < -0.39 is 28.7 Å². The third kappa shape index (κ3) is 20.7. The van der Waals surface area contributed by atoms with Crippen LogP contribution in [0.15, 0.2) is 103 Å². The molecule has 0 aromatic heterocycles. The summed E-state index contributed by atoms with van der Waals surface area (Å²) in [7, 11) is -1.44. The Morgan fingerprint density at radius 1 is 1.00 bits per heavy atom. The number of benzene rings is 2. The van der Waals surface area contributed by atoms with Crippen molar-refractivity contribution in [2.75, 3.05) is 39.0 Å². The molecular formula is C47H68ClN5O7S. The Labute approximate surface area is 371 Å². The van der Waals surface area contributed by atoms with Crippen molar-refractivity contribution >= 4 is 46.4 Å². The van der Waals surface area contributed by atoms with Gasteiger partial charge in [0, 0.05) is 49.6 Å². The van der Waals surface area contributed by atoms with E-state index in [4.69, 9.17) is 21.4 Å². The van der Waals surface area contributed by atoms with Gasteiger partial charge in [0.1, 0.15) is 11.6 Å². The molecular weight excluding hydrogens is 814 g/mol. The van der Waals surface area contributed by atoms with Crippen LogP contribution in [-0.2, 0) is 36.7 Å². The standard InChI is InChI=1S/C33H53N5O6S.C7H7ClO.C7H8/c1-8-12-24(10-3)15-18-34-29(39)26(13-9-2)23-35-30(40)28-14-11-19-38(28)31(41)27(36-45(7)43)22-25-16-20-37(21-17-25)32(42)44-33(4,5)6;8-7-3-1-6(5-9)2-4-7;1-7-5-3-2-4-6-7/h8,10,12-13,25,27-28,36H,1,3,9,11,14-23H2,2,4-7H3,(H,34,39)(H,35,40);1-4,9H,5H2;2-6H,1H3/b24-12+,26-13+;;. The van der Waals surface area contributed by atoms with Crippen LogP contribution in [0.3, 0.4) is 0 Å². The van der Waals surface area contributed by atoms with E-state index in [0.29, 0.717) is 81.7 Å². The number of likely N-dealkylation sites (tertiary alicyclic amines) is 2. The number of rotatable bonds is 16. The van der Waals surface area contributed by atoms with Gasteiger partial charge in [-0.15, -0.1) is 0 Å². The first-order chi connectivity index (χ1) is 29.0. The van der Waals surface area contributed by atoms with Gasteiger partial charge in [-0.3, -0.25) is 14.4 Å². The van der Waals surface area contributed by atoms with Crippen molar-refractivity contribution in [2.45, 2.75) is 104 Å². The van der Waals surface area contributed by atoms with Crippen molar-refractivity contribution < 1.29 is 33.2 Å². The summed E-state index contributed by atoms with van der Waals surface area (Å²) < 4.78 is 20.6. The predicted molar refractivity (Wildman–Crippen MR) is 247 cm³/mol. The fourth-order valence-corrected chi connectivity index (χ4v) is 7.39.